The second-order valence-electron chi connectivity index (χ2n) is 5.60. The van der Waals surface area contributed by atoms with Crippen molar-refractivity contribution in [2.24, 2.45) is 11.8 Å². The highest BCUT2D eigenvalue weighted by molar-refractivity contribution is 4.79. The van der Waals surface area contributed by atoms with Crippen LogP contribution in [-0.2, 0) is 4.74 Å². The van der Waals surface area contributed by atoms with Gasteiger partial charge in [0.1, 0.15) is 0 Å². The molecule has 94 valence electrons. The Morgan fingerprint density at radius 1 is 1.12 bits per heavy atom. The Labute approximate surface area is 100 Å². The summed E-state index contributed by atoms with van der Waals surface area (Å²) >= 11 is 0. The molecule has 0 aliphatic heterocycles. The standard InChI is InChI=1S/C14H27NO/c1-15-14(13-7-2-3-8-13)11-16-10-9-12-5-4-6-12/h12-15H,2-11H2,1H3. The summed E-state index contributed by atoms with van der Waals surface area (Å²) in [6.45, 7) is 1.91. The van der Waals surface area contributed by atoms with E-state index in [2.05, 4.69) is 12.4 Å². The fraction of sp³-hybridized carbons (Fsp3) is 1.00. The molecule has 0 aromatic heterocycles. The Morgan fingerprint density at radius 3 is 2.44 bits per heavy atom. The number of rotatable bonds is 7. The minimum atomic E-state index is 0.601. The van der Waals surface area contributed by atoms with Crippen LogP contribution in [-0.4, -0.2) is 26.3 Å². The molecule has 2 aliphatic rings. The third kappa shape index (κ3) is 3.46. The van der Waals surface area contributed by atoms with Gasteiger partial charge in [-0.2, -0.15) is 0 Å². The van der Waals surface area contributed by atoms with Gasteiger partial charge in [-0.05, 0) is 38.1 Å². The Bertz CT molecular complexity index is 185. The molecule has 2 rings (SSSR count). The third-order valence-corrected chi connectivity index (χ3v) is 4.53. The van der Waals surface area contributed by atoms with Gasteiger partial charge in [0, 0.05) is 12.6 Å². The fourth-order valence-corrected chi connectivity index (χ4v) is 3.06. The molecule has 0 radical (unpaired) electrons. The van der Waals surface area contributed by atoms with Crippen molar-refractivity contribution >= 4 is 0 Å². The van der Waals surface area contributed by atoms with Gasteiger partial charge in [0.25, 0.3) is 0 Å². The molecule has 0 aromatic carbocycles. The topological polar surface area (TPSA) is 21.3 Å². The Morgan fingerprint density at radius 2 is 1.88 bits per heavy atom. The van der Waals surface area contributed by atoms with Crippen LogP contribution in [0.5, 0.6) is 0 Å². The van der Waals surface area contributed by atoms with Gasteiger partial charge < -0.3 is 10.1 Å². The predicted molar refractivity (Wildman–Crippen MR) is 67.6 cm³/mol. The van der Waals surface area contributed by atoms with Crippen molar-refractivity contribution < 1.29 is 4.74 Å². The molecule has 0 spiro atoms. The SMILES string of the molecule is CNC(COCCC1CCC1)C1CCCC1. The van der Waals surface area contributed by atoms with Gasteiger partial charge in [-0.3, -0.25) is 0 Å². The first-order chi connectivity index (χ1) is 7.90. The van der Waals surface area contributed by atoms with Crippen LogP contribution in [0.4, 0.5) is 0 Å². The monoisotopic (exact) mass is 225 g/mol. The molecule has 2 aliphatic carbocycles. The predicted octanol–water partition coefficient (Wildman–Crippen LogP) is 2.97. The number of nitrogens with one attached hydrogen (secondary N) is 1. The molecular weight excluding hydrogens is 198 g/mol. The zero-order valence-corrected chi connectivity index (χ0v) is 10.7. The van der Waals surface area contributed by atoms with Crippen molar-refractivity contribution in [2.45, 2.75) is 57.4 Å². The van der Waals surface area contributed by atoms with E-state index >= 15 is 0 Å². The Balaban J connectivity index is 1.55. The summed E-state index contributed by atoms with van der Waals surface area (Å²) in [6, 6.07) is 0.601. The number of likely N-dealkylation sites (N-methyl/N-ethyl adjacent to an activating group) is 1. The molecule has 0 amide bonds. The first-order valence-electron chi connectivity index (χ1n) is 7.15. The zero-order valence-electron chi connectivity index (χ0n) is 10.7. The average molecular weight is 225 g/mol. The lowest BCUT2D eigenvalue weighted by Gasteiger charge is -2.26. The van der Waals surface area contributed by atoms with Crippen LogP contribution in [0.3, 0.4) is 0 Å². The van der Waals surface area contributed by atoms with E-state index in [1.54, 1.807) is 0 Å². The van der Waals surface area contributed by atoms with Crippen LogP contribution in [0.2, 0.25) is 0 Å². The summed E-state index contributed by atoms with van der Waals surface area (Å²) < 4.78 is 5.84. The highest BCUT2D eigenvalue weighted by Gasteiger charge is 2.24. The average Bonchev–Trinajstić information content (AvgIpc) is 2.74. The molecule has 1 atom stereocenters. The van der Waals surface area contributed by atoms with Gasteiger partial charge in [0.15, 0.2) is 0 Å². The van der Waals surface area contributed by atoms with Crippen molar-refractivity contribution in [1.82, 2.24) is 5.32 Å². The van der Waals surface area contributed by atoms with Crippen molar-refractivity contribution in [1.29, 1.82) is 0 Å². The first-order valence-corrected chi connectivity index (χ1v) is 7.15. The maximum atomic E-state index is 5.84. The largest absolute Gasteiger partial charge is 0.380 e. The molecule has 0 saturated heterocycles. The van der Waals surface area contributed by atoms with E-state index in [4.69, 9.17) is 4.74 Å². The van der Waals surface area contributed by atoms with E-state index < -0.39 is 0 Å². The molecule has 1 N–H and O–H groups in total. The molecule has 0 aromatic rings. The summed E-state index contributed by atoms with van der Waals surface area (Å²) in [5, 5.41) is 3.44. The Kier molecular flexibility index (Phi) is 5.11. The van der Waals surface area contributed by atoms with Crippen LogP contribution in [0.1, 0.15) is 51.4 Å². The normalized spacial score (nSPS) is 24.6. The quantitative estimate of drug-likeness (QED) is 0.673. The summed E-state index contributed by atoms with van der Waals surface area (Å²) in [6.07, 6.45) is 11.3. The summed E-state index contributed by atoms with van der Waals surface area (Å²) in [7, 11) is 2.08. The maximum absolute atomic E-state index is 5.84. The van der Waals surface area contributed by atoms with E-state index in [9.17, 15) is 0 Å². The molecule has 0 heterocycles. The van der Waals surface area contributed by atoms with E-state index in [0.29, 0.717) is 6.04 Å². The lowest BCUT2D eigenvalue weighted by atomic mass is 9.83. The molecular formula is C14H27NO. The first kappa shape index (κ1) is 12.4. The van der Waals surface area contributed by atoms with Gasteiger partial charge in [-0.25, -0.2) is 0 Å². The van der Waals surface area contributed by atoms with Gasteiger partial charge in [-0.1, -0.05) is 32.1 Å². The number of hydrogen-bond donors (Lipinski definition) is 1. The number of ether oxygens (including phenoxy) is 1. The number of hydrogen-bond acceptors (Lipinski definition) is 2. The van der Waals surface area contributed by atoms with Crippen LogP contribution >= 0.6 is 0 Å². The minimum absolute atomic E-state index is 0.601. The van der Waals surface area contributed by atoms with E-state index in [1.165, 1.54) is 51.4 Å². The minimum Gasteiger partial charge on any atom is -0.380 e. The molecule has 2 heteroatoms. The van der Waals surface area contributed by atoms with Gasteiger partial charge in [-0.15, -0.1) is 0 Å². The molecule has 2 fully saturated rings. The lowest BCUT2D eigenvalue weighted by molar-refractivity contribution is 0.0773. The molecule has 2 nitrogen and oxygen atoms in total. The lowest BCUT2D eigenvalue weighted by Crippen LogP contribution is -2.36. The highest BCUT2D eigenvalue weighted by Crippen LogP contribution is 2.30. The molecule has 0 bridgehead atoms. The second-order valence-corrected chi connectivity index (χ2v) is 5.60. The summed E-state index contributed by atoms with van der Waals surface area (Å²) in [5.74, 6) is 1.85. The van der Waals surface area contributed by atoms with Crippen LogP contribution < -0.4 is 5.32 Å². The van der Waals surface area contributed by atoms with Crippen molar-refractivity contribution in [2.75, 3.05) is 20.3 Å². The molecule has 16 heavy (non-hydrogen) atoms. The van der Waals surface area contributed by atoms with Crippen molar-refractivity contribution in [3.05, 3.63) is 0 Å². The van der Waals surface area contributed by atoms with Crippen LogP contribution in [0, 0.1) is 11.8 Å². The van der Waals surface area contributed by atoms with Crippen LogP contribution in [0.15, 0.2) is 0 Å². The Hall–Kier alpha value is -0.0800. The van der Waals surface area contributed by atoms with Gasteiger partial charge in [0.05, 0.1) is 6.61 Å². The third-order valence-electron chi connectivity index (χ3n) is 4.53. The summed E-state index contributed by atoms with van der Waals surface area (Å²) in [5.41, 5.74) is 0. The maximum Gasteiger partial charge on any atom is 0.0622 e. The van der Waals surface area contributed by atoms with Gasteiger partial charge in [0.2, 0.25) is 0 Å². The highest BCUT2D eigenvalue weighted by atomic mass is 16.5. The van der Waals surface area contributed by atoms with Crippen molar-refractivity contribution in [3.8, 4) is 0 Å². The summed E-state index contributed by atoms with van der Waals surface area (Å²) in [4.78, 5) is 0. The van der Waals surface area contributed by atoms with Gasteiger partial charge >= 0.3 is 0 Å². The van der Waals surface area contributed by atoms with Crippen LogP contribution in [0.25, 0.3) is 0 Å². The smallest absolute Gasteiger partial charge is 0.0622 e. The molecule has 1 unspecified atom stereocenters. The molecule has 2 saturated carbocycles. The van der Waals surface area contributed by atoms with Crippen molar-refractivity contribution in [3.63, 3.8) is 0 Å². The van der Waals surface area contributed by atoms with E-state index in [-0.39, 0.29) is 0 Å². The van der Waals surface area contributed by atoms with E-state index in [1.807, 2.05) is 0 Å². The fourth-order valence-electron chi connectivity index (χ4n) is 3.06. The second kappa shape index (κ2) is 6.61. The zero-order chi connectivity index (χ0) is 11.2. The van der Waals surface area contributed by atoms with E-state index in [0.717, 1.165) is 25.0 Å².